The van der Waals surface area contributed by atoms with Crippen molar-refractivity contribution in [1.82, 2.24) is 10.0 Å². The van der Waals surface area contributed by atoms with Gasteiger partial charge in [-0.1, -0.05) is 35.9 Å². The van der Waals surface area contributed by atoms with Gasteiger partial charge in [-0.05, 0) is 37.1 Å². The van der Waals surface area contributed by atoms with E-state index >= 15 is 0 Å². The first-order valence-corrected chi connectivity index (χ1v) is 10.5. The number of Topliss-reactive ketones (excluding diaryl/α,β-unsaturated/α-hetero) is 1. The molecule has 1 fully saturated rings. The normalized spacial score (nSPS) is 19.4. The van der Waals surface area contributed by atoms with Crippen LogP contribution >= 0.6 is 11.6 Å². The predicted octanol–water partition coefficient (Wildman–Crippen LogP) is 3.44. The number of non-ortho nitro benzene ring substituents is 1. The summed E-state index contributed by atoms with van der Waals surface area (Å²) in [5, 5.41) is 12.6. The molecule has 0 N–H and O–H groups in total. The number of carbonyl (C=O) groups is 4. The zero-order chi connectivity index (χ0) is 23.7. The maximum Gasteiger partial charge on any atom is 0.274 e. The molecule has 4 rings (SSSR count). The third-order valence-electron chi connectivity index (χ3n) is 5.76. The molecule has 1 saturated heterocycles. The fourth-order valence-corrected chi connectivity index (χ4v) is 4.24. The highest BCUT2D eigenvalue weighted by Crippen LogP contribution is 2.36. The molecule has 0 aromatic heterocycles. The summed E-state index contributed by atoms with van der Waals surface area (Å²) in [6.45, 7) is -0.619. The fourth-order valence-electron chi connectivity index (χ4n) is 4.02. The average molecular weight is 468 g/mol. The molecule has 0 saturated carbocycles. The summed E-state index contributed by atoms with van der Waals surface area (Å²) in [5.74, 6) is -3.67. The predicted molar refractivity (Wildman–Crippen MR) is 117 cm³/mol. The van der Waals surface area contributed by atoms with Crippen molar-refractivity contribution in [3.8, 4) is 0 Å². The molecule has 0 unspecified atom stereocenters. The number of amides is 3. The smallest absolute Gasteiger partial charge is 0.274 e. The SMILES string of the molecule is O=C(CN(C(=O)c1ccccc1Cl)N1C(=O)[C@H]2CC=CC[C@@H]2C1=O)c1ccc([N+](=O)[O-])cc1. The summed E-state index contributed by atoms with van der Waals surface area (Å²) in [6, 6.07) is 11.0. The van der Waals surface area contributed by atoms with E-state index < -0.39 is 46.8 Å². The Balaban J connectivity index is 1.69. The molecule has 33 heavy (non-hydrogen) atoms. The van der Waals surface area contributed by atoms with Crippen LogP contribution in [0.4, 0.5) is 5.69 Å². The van der Waals surface area contributed by atoms with Crippen molar-refractivity contribution in [2.45, 2.75) is 12.8 Å². The van der Waals surface area contributed by atoms with Gasteiger partial charge in [0.25, 0.3) is 23.4 Å². The van der Waals surface area contributed by atoms with Crippen molar-refractivity contribution in [2.75, 3.05) is 6.54 Å². The van der Waals surface area contributed by atoms with E-state index in [1.165, 1.54) is 36.4 Å². The zero-order valence-corrected chi connectivity index (χ0v) is 18.0. The fraction of sp³-hybridized carbons (Fsp3) is 0.217. The minimum Gasteiger partial charge on any atom is -0.292 e. The number of allylic oxidation sites excluding steroid dienone is 2. The number of benzene rings is 2. The summed E-state index contributed by atoms with van der Waals surface area (Å²) in [4.78, 5) is 62.9. The summed E-state index contributed by atoms with van der Waals surface area (Å²) in [6.07, 6.45) is 4.38. The molecular weight excluding hydrogens is 450 g/mol. The third kappa shape index (κ3) is 4.14. The van der Waals surface area contributed by atoms with Crippen LogP contribution < -0.4 is 0 Å². The van der Waals surface area contributed by atoms with Crippen LogP contribution in [-0.2, 0) is 9.59 Å². The number of nitrogens with zero attached hydrogens (tertiary/aromatic N) is 3. The van der Waals surface area contributed by atoms with Crippen LogP contribution in [0.2, 0.25) is 5.02 Å². The first kappa shape index (κ1) is 22.3. The summed E-state index contributed by atoms with van der Waals surface area (Å²) >= 11 is 6.17. The molecule has 2 aliphatic rings. The molecule has 0 radical (unpaired) electrons. The van der Waals surface area contributed by atoms with Crippen molar-refractivity contribution >= 4 is 40.8 Å². The van der Waals surface area contributed by atoms with E-state index in [-0.39, 0.29) is 21.8 Å². The Bertz CT molecular complexity index is 1170. The quantitative estimate of drug-likeness (QED) is 0.211. The van der Waals surface area contributed by atoms with Gasteiger partial charge < -0.3 is 0 Å². The second-order valence-corrected chi connectivity index (χ2v) is 8.12. The van der Waals surface area contributed by atoms with Crippen LogP contribution in [0.25, 0.3) is 0 Å². The number of rotatable bonds is 6. The lowest BCUT2D eigenvalue weighted by Gasteiger charge is -2.30. The van der Waals surface area contributed by atoms with Crippen LogP contribution in [0.15, 0.2) is 60.7 Å². The van der Waals surface area contributed by atoms with E-state index in [9.17, 15) is 29.3 Å². The van der Waals surface area contributed by atoms with Crippen LogP contribution in [0.3, 0.4) is 0 Å². The molecule has 9 nitrogen and oxygen atoms in total. The number of fused-ring (bicyclic) bond motifs is 1. The van der Waals surface area contributed by atoms with Crippen molar-refractivity contribution in [3.05, 3.63) is 86.9 Å². The Morgan fingerprint density at radius 2 is 1.58 bits per heavy atom. The average Bonchev–Trinajstić information content (AvgIpc) is 3.07. The Morgan fingerprint density at radius 1 is 1.00 bits per heavy atom. The second kappa shape index (κ2) is 8.95. The standard InChI is InChI=1S/C23H18ClN3O6/c24-19-8-4-3-7-18(19)21(29)25(13-20(28)14-9-11-15(12-10-14)27(32)33)26-22(30)16-5-1-2-6-17(16)23(26)31/h1-4,7-12,16-17H,5-6,13H2/t16-,17-/m0/s1. The summed E-state index contributed by atoms with van der Waals surface area (Å²) in [7, 11) is 0. The monoisotopic (exact) mass is 467 g/mol. The van der Waals surface area contributed by atoms with Crippen molar-refractivity contribution in [2.24, 2.45) is 11.8 Å². The highest BCUT2D eigenvalue weighted by Gasteiger charge is 2.51. The van der Waals surface area contributed by atoms with E-state index in [0.29, 0.717) is 12.8 Å². The molecule has 2 aromatic rings. The lowest BCUT2D eigenvalue weighted by molar-refractivity contribution is -0.384. The summed E-state index contributed by atoms with van der Waals surface area (Å²) in [5.41, 5.74) is -0.0722. The first-order chi connectivity index (χ1) is 15.8. The molecule has 10 heteroatoms. The van der Waals surface area contributed by atoms with Crippen molar-refractivity contribution < 1.29 is 24.1 Å². The van der Waals surface area contributed by atoms with Gasteiger partial charge in [0, 0.05) is 17.7 Å². The third-order valence-corrected chi connectivity index (χ3v) is 6.09. The van der Waals surface area contributed by atoms with E-state index in [1.54, 1.807) is 12.1 Å². The maximum atomic E-state index is 13.4. The number of nitro groups is 1. The second-order valence-electron chi connectivity index (χ2n) is 7.71. The van der Waals surface area contributed by atoms with Gasteiger partial charge in [-0.3, -0.25) is 29.3 Å². The van der Waals surface area contributed by atoms with E-state index in [0.717, 1.165) is 10.0 Å². The van der Waals surface area contributed by atoms with Crippen molar-refractivity contribution in [1.29, 1.82) is 0 Å². The van der Waals surface area contributed by atoms with Gasteiger partial charge >= 0.3 is 0 Å². The van der Waals surface area contributed by atoms with E-state index in [2.05, 4.69) is 0 Å². The lowest BCUT2D eigenvalue weighted by atomic mass is 9.85. The van der Waals surface area contributed by atoms with Gasteiger partial charge in [0.1, 0.15) is 6.54 Å². The van der Waals surface area contributed by atoms with Gasteiger partial charge in [0.2, 0.25) is 0 Å². The largest absolute Gasteiger partial charge is 0.292 e. The molecule has 1 aliphatic heterocycles. The molecule has 2 atom stereocenters. The Hall–Kier alpha value is -3.85. The van der Waals surface area contributed by atoms with Crippen LogP contribution in [-0.4, -0.2) is 45.0 Å². The van der Waals surface area contributed by atoms with Crippen molar-refractivity contribution in [3.63, 3.8) is 0 Å². The number of hydrazine groups is 1. The van der Waals surface area contributed by atoms with Gasteiger partial charge in [-0.2, -0.15) is 5.01 Å². The Morgan fingerprint density at radius 3 is 2.12 bits per heavy atom. The van der Waals surface area contributed by atoms with Gasteiger partial charge in [0.15, 0.2) is 5.78 Å². The number of nitro benzene ring substituents is 1. The van der Waals surface area contributed by atoms with Gasteiger partial charge in [-0.25, -0.2) is 5.01 Å². The van der Waals surface area contributed by atoms with Crippen LogP contribution in [0.5, 0.6) is 0 Å². The number of hydrogen-bond acceptors (Lipinski definition) is 6. The highest BCUT2D eigenvalue weighted by molar-refractivity contribution is 6.34. The molecule has 2 aromatic carbocycles. The molecule has 1 heterocycles. The van der Waals surface area contributed by atoms with E-state index in [4.69, 9.17) is 11.6 Å². The number of ketones is 1. The first-order valence-electron chi connectivity index (χ1n) is 10.2. The topological polar surface area (TPSA) is 118 Å². The lowest BCUT2D eigenvalue weighted by Crippen LogP contribution is -2.52. The molecule has 1 aliphatic carbocycles. The Labute approximate surface area is 193 Å². The molecule has 0 spiro atoms. The van der Waals surface area contributed by atoms with Gasteiger partial charge in [0.05, 0.1) is 27.3 Å². The molecular formula is C23H18ClN3O6. The maximum absolute atomic E-state index is 13.4. The van der Waals surface area contributed by atoms with Crippen LogP contribution in [0, 0.1) is 22.0 Å². The minimum atomic E-state index is -0.774. The van der Waals surface area contributed by atoms with Gasteiger partial charge in [-0.15, -0.1) is 0 Å². The zero-order valence-electron chi connectivity index (χ0n) is 17.2. The number of carbonyl (C=O) groups excluding carboxylic acids is 4. The minimum absolute atomic E-state index is 0.0317. The summed E-state index contributed by atoms with van der Waals surface area (Å²) < 4.78 is 0. The Kier molecular flexibility index (Phi) is 6.06. The molecule has 168 valence electrons. The van der Waals surface area contributed by atoms with E-state index in [1.807, 2.05) is 12.2 Å². The number of hydrogen-bond donors (Lipinski definition) is 0. The number of halogens is 1. The highest BCUT2D eigenvalue weighted by atomic mass is 35.5. The molecule has 3 amide bonds. The van der Waals surface area contributed by atoms with Crippen LogP contribution in [0.1, 0.15) is 33.6 Å². The number of imide groups is 1. The molecule has 0 bridgehead atoms.